The molecule has 0 saturated carbocycles. The van der Waals surface area contributed by atoms with Gasteiger partial charge in [-0.15, -0.1) is 0 Å². The van der Waals surface area contributed by atoms with Crippen molar-refractivity contribution in [1.82, 2.24) is 5.32 Å². The van der Waals surface area contributed by atoms with E-state index in [4.69, 9.17) is 4.74 Å². The van der Waals surface area contributed by atoms with Crippen LogP contribution in [0.2, 0.25) is 0 Å². The molecule has 0 fully saturated rings. The molecule has 28 heavy (non-hydrogen) atoms. The van der Waals surface area contributed by atoms with Crippen LogP contribution in [0.25, 0.3) is 0 Å². The van der Waals surface area contributed by atoms with Gasteiger partial charge in [-0.25, -0.2) is 0 Å². The van der Waals surface area contributed by atoms with E-state index in [9.17, 15) is 9.59 Å². The molecule has 0 atom stereocenters. The smallest absolute Gasteiger partial charge is 0.255 e. The molecule has 5 nitrogen and oxygen atoms in total. The summed E-state index contributed by atoms with van der Waals surface area (Å²) in [6.45, 7) is 0.577. The van der Waals surface area contributed by atoms with Crippen LogP contribution in [-0.4, -0.2) is 25.5 Å². The molecule has 3 rings (SSSR count). The summed E-state index contributed by atoms with van der Waals surface area (Å²) in [6.07, 6.45) is 0.828. The van der Waals surface area contributed by atoms with E-state index in [1.807, 2.05) is 18.2 Å². The number of benzene rings is 3. The summed E-state index contributed by atoms with van der Waals surface area (Å²) in [5.41, 5.74) is 2.92. The highest BCUT2D eigenvalue weighted by molar-refractivity contribution is 6.04. The third-order valence-electron chi connectivity index (χ3n) is 4.25. The van der Waals surface area contributed by atoms with Crippen molar-refractivity contribution in [3.63, 3.8) is 0 Å². The van der Waals surface area contributed by atoms with Crippen LogP contribution in [0.1, 0.15) is 26.3 Å². The molecule has 2 amide bonds. The van der Waals surface area contributed by atoms with Crippen molar-refractivity contribution in [1.29, 1.82) is 0 Å². The van der Waals surface area contributed by atoms with Crippen LogP contribution in [0.4, 0.5) is 5.69 Å². The van der Waals surface area contributed by atoms with Crippen molar-refractivity contribution in [2.75, 3.05) is 19.0 Å². The summed E-state index contributed by atoms with van der Waals surface area (Å²) in [6, 6.07) is 23.9. The minimum atomic E-state index is -0.219. The summed E-state index contributed by atoms with van der Waals surface area (Å²) >= 11 is 0. The number of anilines is 1. The maximum absolute atomic E-state index is 12.4. The number of hydrogen-bond acceptors (Lipinski definition) is 3. The second kappa shape index (κ2) is 9.37. The number of amides is 2. The van der Waals surface area contributed by atoms with Gasteiger partial charge in [0, 0.05) is 30.3 Å². The van der Waals surface area contributed by atoms with Gasteiger partial charge in [-0.05, 0) is 54.1 Å². The average Bonchev–Trinajstić information content (AvgIpc) is 2.75. The van der Waals surface area contributed by atoms with Gasteiger partial charge in [0.25, 0.3) is 11.8 Å². The Kier molecular flexibility index (Phi) is 6.41. The molecule has 0 saturated heterocycles. The second-order valence-electron chi connectivity index (χ2n) is 6.22. The van der Waals surface area contributed by atoms with Crippen LogP contribution in [0.15, 0.2) is 78.9 Å². The van der Waals surface area contributed by atoms with Gasteiger partial charge in [0.15, 0.2) is 0 Å². The van der Waals surface area contributed by atoms with Gasteiger partial charge in [0.05, 0.1) is 6.61 Å². The van der Waals surface area contributed by atoms with E-state index in [-0.39, 0.29) is 11.8 Å². The van der Waals surface area contributed by atoms with Crippen LogP contribution < -0.4 is 15.4 Å². The average molecular weight is 374 g/mol. The molecule has 0 spiro atoms. The minimum Gasteiger partial charge on any atom is -0.493 e. The highest BCUT2D eigenvalue weighted by atomic mass is 16.5. The maximum Gasteiger partial charge on any atom is 0.255 e. The third-order valence-corrected chi connectivity index (χ3v) is 4.25. The third kappa shape index (κ3) is 5.20. The summed E-state index contributed by atoms with van der Waals surface area (Å²) in [4.78, 5) is 23.9. The molecule has 3 aromatic rings. The van der Waals surface area contributed by atoms with Gasteiger partial charge in [0.2, 0.25) is 0 Å². The van der Waals surface area contributed by atoms with Gasteiger partial charge in [0.1, 0.15) is 5.75 Å². The van der Waals surface area contributed by atoms with Gasteiger partial charge >= 0.3 is 0 Å². The number of carbonyl (C=O) groups excluding carboxylic acids is 2. The first-order chi connectivity index (χ1) is 13.7. The van der Waals surface area contributed by atoms with E-state index in [2.05, 4.69) is 22.8 Å². The quantitative estimate of drug-likeness (QED) is 0.659. The van der Waals surface area contributed by atoms with E-state index in [0.717, 1.165) is 12.2 Å². The zero-order valence-corrected chi connectivity index (χ0v) is 15.6. The largest absolute Gasteiger partial charge is 0.493 e. The molecule has 0 aliphatic heterocycles. The number of carbonyl (C=O) groups is 2. The molecule has 0 aliphatic carbocycles. The van der Waals surface area contributed by atoms with Gasteiger partial charge in [-0.2, -0.15) is 0 Å². The van der Waals surface area contributed by atoms with Crippen molar-refractivity contribution < 1.29 is 14.3 Å². The Balaban J connectivity index is 1.52. The molecule has 0 bridgehead atoms. The van der Waals surface area contributed by atoms with Crippen molar-refractivity contribution in [2.24, 2.45) is 0 Å². The molecular weight excluding hydrogens is 352 g/mol. The molecule has 142 valence electrons. The highest BCUT2D eigenvalue weighted by Gasteiger charge is 2.08. The molecular formula is C23H22N2O3. The fourth-order valence-corrected chi connectivity index (χ4v) is 2.69. The number of rotatable bonds is 7. The molecule has 3 aromatic carbocycles. The van der Waals surface area contributed by atoms with Gasteiger partial charge < -0.3 is 15.4 Å². The summed E-state index contributed by atoms with van der Waals surface area (Å²) in [5, 5.41) is 5.37. The fraction of sp³-hybridized carbons (Fsp3) is 0.130. The van der Waals surface area contributed by atoms with Gasteiger partial charge in [-0.3, -0.25) is 9.59 Å². The zero-order chi connectivity index (χ0) is 19.8. The Morgan fingerprint density at radius 1 is 0.786 bits per heavy atom. The molecule has 2 N–H and O–H groups in total. The summed E-state index contributed by atoms with van der Waals surface area (Å²) in [7, 11) is 1.58. The van der Waals surface area contributed by atoms with Crippen molar-refractivity contribution in [2.45, 2.75) is 6.42 Å². The van der Waals surface area contributed by atoms with Crippen LogP contribution in [-0.2, 0) is 6.42 Å². The number of hydrogen-bond donors (Lipinski definition) is 2. The Hall–Kier alpha value is -3.60. The molecule has 0 unspecified atom stereocenters. The fourth-order valence-electron chi connectivity index (χ4n) is 2.69. The summed E-state index contributed by atoms with van der Waals surface area (Å²) < 4.78 is 5.74. The first kappa shape index (κ1) is 19.2. The normalized spacial score (nSPS) is 10.2. The van der Waals surface area contributed by atoms with E-state index in [0.29, 0.717) is 23.4 Å². The lowest BCUT2D eigenvalue weighted by Crippen LogP contribution is -2.17. The molecule has 5 heteroatoms. The molecule has 0 heterocycles. The monoisotopic (exact) mass is 374 g/mol. The summed E-state index contributed by atoms with van der Waals surface area (Å²) in [5.74, 6) is 0.340. The predicted molar refractivity (Wildman–Crippen MR) is 110 cm³/mol. The Morgan fingerprint density at radius 3 is 2.04 bits per heavy atom. The van der Waals surface area contributed by atoms with Crippen LogP contribution >= 0.6 is 0 Å². The maximum atomic E-state index is 12.4. The Bertz CT molecular complexity index is 920. The first-order valence-corrected chi connectivity index (χ1v) is 9.06. The van der Waals surface area contributed by atoms with Crippen molar-refractivity contribution in [3.8, 4) is 5.75 Å². The lowest BCUT2D eigenvalue weighted by Gasteiger charge is -2.09. The van der Waals surface area contributed by atoms with E-state index < -0.39 is 0 Å². The van der Waals surface area contributed by atoms with E-state index in [1.54, 1.807) is 55.6 Å². The molecule has 0 radical (unpaired) electrons. The lowest BCUT2D eigenvalue weighted by atomic mass is 10.1. The molecule has 0 aromatic heterocycles. The predicted octanol–water partition coefficient (Wildman–Crippen LogP) is 3.92. The van der Waals surface area contributed by atoms with Crippen molar-refractivity contribution >= 4 is 17.5 Å². The highest BCUT2D eigenvalue weighted by Crippen LogP contribution is 2.15. The minimum absolute atomic E-state index is 0.166. The van der Waals surface area contributed by atoms with Crippen molar-refractivity contribution in [3.05, 3.63) is 95.6 Å². The van der Waals surface area contributed by atoms with E-state index >= 15 is 0 Å². The van der Waals surface area contributed by atoms with Gasteiger partial charge in [-0.1, -0.05) is 30.3 Å². The first-order valence-electron chi connectivity index (χ1n) is 9.06. The molecule has 0 aliphatic rings. The Labute approximate surface area is 164 Å². The van der Waals surface area contributed by atoms with Crippen LogP contribution in [0.3, 0.4) is 0 Å². The topological polar surface area (TPSA) is 67.4 Å². The number of ether oxygens (including phenoxy) is 1. The SMILES string of the molecule is CNC(=O)c1ccc(NC(=O)c2ccc(OCCc3ccccc3)cc2)cc1. The lowest BCUT2D eigenvalue weighted by molar-refractivity contribution is 0.0962. The number of nitrogens with one attached hydrogen (secondary N) is 2. The standard InChI is InChI=1S/C23H22N2O3/c1-24-22(26)18-7-11-20(12-8-18)25-23(27)19-9-13-21(14-10-19)28-16-15-17-5-3-2-4-6-17/h2-14H,15-16H2,1H3,(H,24,26)(H,25,27). The zero-order valence-electron chi connectivity index (χ0n) is 15.6. The Morgan fingerprint density at radius 2 is 1.39 bits per heavy atom. The van der Waals surface area contributed by atoms with Crippen LogP contribution in [0, 0.1) is 0 Å². The van der Waals surface area contributed by atoms with Crippen LogP contribution in [0.5, 0.6) is 5.75 Å². The van der Waals surface area contributed by atoms with E-state index in [1.165, 1.54) is 5.56 Å². The second-order valence-corrected chi connectivity index (χ2v) is 6.22.